The summed E-state index contributed by atoms with van der Waals surface area (Å²) in [5.74, 6) is 0.432. The predicted molar refractivity (Wildman–Crippen MR) is 85.4 cm³/mol. The summed E-state index contributed by atoms with van der Waals surface area (Å²) in [4.78, 5) is 0.461. The summed E-state index contributed by atoms with van der Waals surface area (Å²) in [5, 5.41) is 0. The molecule has 0 radical (unpaired) electrons. The first kappa shape index (κ1) is 14.9. The minimum atomic E-state index is -0.287. The van der Waals surface area contributed by atoms with E-state index in [0.29, 0.717) is 22.5 Å². The summed E-state index contributed by atoms with van der Waals surface area (Å²) in [5.41, 5.74) is 7.29. The Balaban J connectivity index is 1.98. The summed E-state index contributed by atoms with van der Waals surface area (Å²) in [6.07, 6.45) is 0.576. The molecule has 0 aliphatic heterocycles. The van der Waals surface area contributed by atoms with E-state index in [1.807, 2.05) is 30.3 Å². The van der Waals surface area contributed by atoms with Gasteiger partial charge in [0.05, 0.1) is 4.99 Å². The van der Waals surface area contributed by atoms with Crippen molar-refractivity contribution in [3.05, 3.63) is 63.9 Å². The van der Waals surface area contributed by atoms with Crippen molar-refractivity contribution in [2.75, 3.05) is 0 Å². The number of hydrogen-bond donors (Lipinski definition) is 1. The molecule has 0 saturated carbocycles. The van der Waals surface area contributed by atoms with Crippen LogP contribution >= 0.6 is 28.1 Å². The average Bonchev–Trinajstić information content (AvgIpc) is 2.36. The van der Waals surface area contributed by atoms with E-state index in [2.05, 4.69) is 15.9 Å². The molecule has 2 nitrogen and oxygen atoms in total. The molecule has 2 N–H and O–H groups in total. The molecule has 0 aliphatic rings. The van der Waals surface area contributed by atoms with Crippen LogP contribution in [0.25, 0.3) is 0 Å². The van der Waals surface area contributed by atoms with Gasteiger partial charge in [0.15, 0.2) is 0 Å². The second-order valence-electron chi connectivity index (χ2n) is 4.35. The number of nitrogens with two attached hydrogens (primary N) is 1. The second-order valence-corrected chi connectivity index (χ2v) is 5.79. The van der Waals surface area contributed by atoms with Crippen LogP contribution in [0.4, 0.5) is 4.39 Å². The molecule has 0 aromatic heterocycles. The molecule has 0 unspecified atom stereocenters. The van der Waals surface area contributed by atoms with E-state index >= 15 is 0 Å². The van der Waals surface area contributed by atoms with Gasteiger partial charge in [0.1, 0.15) is 18.2 Å². The standard InChI is InChI=1S/C15H13BrFNOS/c16-12-5-11(6-13(17)8-12)9-19-14-3-1-10(2-4-14)7-15(18)20/h1-6,8H,7,9H2,(H2,18,20). The number of rotatable bonds is 5. The van der Waals surface area contributed by atoms with Crippen molar-refractivity contribution in [3.63, 3.8) is 0 Å². The van der Waals surface area contributed by atoms with E-state index in [4.69, 9.17) is 22.7 Å². The van der Waals surface area contributed by atoms with Gasteiger partial charge < -0.3 is 10.5 Å². The Morgan fingerprint density at radius 3 is 2.45 bits per heavy atom. The van der Waals surface area contributed by atoms with Crippen LogP contribution in [0.15, 0.2) is 46.9 Å². The molecule has 20 heavy (non-hydrogen) atoms. The number of ether oxygens (including phenoxy) is 1. The molecule has 2 aromatic carbocycles. The van der Waals surface area contributed by atoms with E-state index in [9.17, 15) is 4.39 Å². The van der Waals surface area contributed by atoms with E-state index in [0.717, 1.165) is 16.9 Å². The summed E-state index contributed by atoms with van der Waals surface area (Å²) in [7, 11) is 0. The zero-order valence-electron chi connectivity index (χ0n) is 10.6. The Hall–Kier alpha value is -1.46. The normalized spacial score (nSPS) is 10.3. The smallest absolute Gasteiger partial charge is 0.124 e. The van der Waals surface area contributed by atoms with Crippen molar-refractivity contribution in [2.24, 2.45) is 5.73 Å². The molecule has 0 aliphatic carbocycles. The zero-order valence-corrected chi connectivity index (χ0v) is 13.0. The minimum absolute atomic E-state index is 0.287. The third kappa shape index (κ3) is 4.58. The largest absolute Gasteiger partial charge is 0.489 e. The molecule has 0 amide bonds. The Kier molecular flexibility index (Phi) is 5.09. The molecule has 0 heterocycles. The highest BCUT2D eigenvalue weighted by Gasteiger charge is 2.01. The Bertz CT molecular complexity index is 596. The molecule has 0 bridgehead atoms. The molecule has 104 valence electrons. The molecule has 2 rings (SSSR count). The van der Waals surface area contributed by atoms with Crippen molar-refractivity contribution in [2.45, 2.75) is 13.0 Å². The minimum Gasteiger partial charge on any atom is -0.489 e. The number of hydrogen-bond acceptors (Lipinski definition) is 2. The Morgan fingerprint density at radius 1 is 1.15 bits per heavy atom. The van der Waals surface area contributed by atoms with Crippen LogP contribution in [0.1, 0.15) is 11.1 Å². The van der Waals surface area contributed by atoms with Gasteiger partial charge in [0.25, 0.3) is 0 Å². The fourth-order valence-electron chi connectivity index (χ4n) is 1.77. The van der Waals surface area contributed by atoms with Gasteiger partial charge in [0.2, 0.25) is 0 Å². The lowest BCUT2D eigenvalue weighted by molar-refractivity contribution is 0.305. The SMILES string of the molecule is NC(=S)Cc1ccc(OCc2cc(F)cc(Br)c2)cc1. The fraction of sp³-hybridized carbons (Fsp3) is 0.133. The number of thiocarbonyl (C=S) groups is 1. The van der Waals surface area contributed by atoms with Gasteiger partial charge in [-0.3, -0.25) is 0 Å². The first-order valence-electron chi connectivity index (χ1n) is 5.98. The van der Waals surface area contributed by atoms with E-state index in [-0.39, 0.29) is 5.82 Å². The van der Waals surface area contributed by atoms with Crippen molar-refractivity contribution >= 4 is 33.1 Å². The van der Waals surface area contributed by atoms with E-state index < -0.39 is 0 Å². The van der Waals surface area contributed by atoms with Crippen LogP contribution in [0.3, 0.4) is 0 Å². The van der Waals surface area contributed by atoms with E-state index in [1.165, 1.54) is 12.1 Å². The van der Waals surface area contributed by atoms with Gasteiger partial charge in [-0.1, -0.05) is 40.3 Å². The van der Waals surface area contributed by atoms with Crippen LogP contribution in [0, 0.1) is 5.82 Å². The fourth-order valence-corrected chi connectivity index (χ4v) is 2.45. The molecule has 0 fully saturated rings. The van der Waals surface area contributed by atoms with Gasteiger partial charge in [-0.2, -0.15) is 0 Å². The van der Waals surface area contributed by atoms with E-state index in [1.54, 1.807) is 0 Å². The van der Waals surface area contributed by atoms with Crippen LogP contribution in [0.2, 0.25) is 0 Å². The molecule has 5 heteroatoms. The molecule has 2 aromatic rings. The highest BCUT2D eigenvalue weighted by molar-refractivity contribution is 9.10. The molecule has 0 atom stereocenters. The van der Waals surface area contributed by atoms with Gasteiger partial charge in [-0.15, -0.1) is 0 Å². The maximum Gasteiger partial charge on any atom is 0.124 e. The summed E-state index contributed by atoms with van der Waals surface area (Å²) in [6, 6.07) is 12.2. The van der Waals surface area contributed by atoms with Crippen molar-refractivity contribution in [1.82, 2.24) is 0 Å². The summed E-state index contributed by atoms with van der Waals surface area (Å²) >= 11 is 8.11. The monoisotopic (exact) mass is 353 g/mol. The Labute approximate surface area is 130 Å². The Morgan fingerprint density at radius 2 is 1.85 bits per heavy atom. The first-order chi connectivity index (χ1) is 9.52. The van der Waals surface area contributed by atoms with Crippen LogP contribution in [-0.2, 0) is 13.0 Å². The summed E-state index contributed by atoms with van der Waals surface area (Å²) < 4.78 is 19.5. The third-order valence-electron chi connectivity index (χ3n) is 2.63. The maximum atomic E-state index is 13.2. The van der Waals surface area contributed by atoms with Crippen LogP contribution < -0.4 is 10.5 Å². The van der Waals surface area contributed by atoms with Crippen molar-refractivity contribution in [1.29, 1.82) is 0 Å². The first-order valence-corrected chi connectivity index (χ1v) is 7.18. The van der Waals surface area contributed by atoms with Gasteiger partial charge in [-0.05, 0) is 41.5 Å². The predicted octanol–water partition coefficient (Wildman–Crippen LogP) is 4.00. The topological polar surface area (TPSA) is 35.2 Å². The number of benzene rings is 2. The summed E-state index contributed by atoms with van der Waals surface area (Å²) in [6.45, 7) is 0.311. The zero-order chi connectivity index (χ0) is 14.5. The average molecular weight is 354 g/mol. The number of halogens is 2. The molecule has 0 saturated heterocycles. The highest BCUT2D eigenvalue weighted by Crippen LogP contribution is 2.18. The quantitative estimate of drug-likeness (QED) is 0.825. The van der Waals surface area contributed by atoms with Crippen molar-refractivity contribution in [3.8, 4) is 5.75 Å². The van der Waals surface area contributed by atoms with Crippen LogP contribution in [-0.4, -0.2) is 4.99 Å². The van der Waals surface area contributed by atoms with Crippen molar-refractivity contribution < 1.29 is 9.13 Å². The third-order valence-corrected chi connectivity index (χ3v) is 3.23. The van der Waals surface area contributed by atoms with Crippen LogP contribution in [0.5, 0.6) is 5.75 Å². The molecule has 0 spiro atoms. The maximum absolute atomic E-state index is 13.2. The lowest BCUT2D eigenvalue weighted by Gasteiger charge is -2.08. The lowest BCUT2D eigenvalue weighted by Crippen LogP contribution is -2.10. The van der Waals surface area contributed by atoms with Gasteiger partial charge in [-0.25, -0.2) is 4.39 Å². The lowest BCUT2D eigenvalue weighted by atomic mass is 10.1. The molecular formula is C15H13BrFNOS. The molecular weight excluding hydrogens is 341 g/mol. The highest BCUT2D eigenvalue weighted by atomic mass is 79.9. The van der Waals surface area contributed by atoms with Gasteiger partial charge in [0, 0.05) is 10.9 Å². The second kappa shape index (κ2) is 6.81. The van der Waals surface area contributed by atoms with Gasteiger partial charge >= 0.3 is 0 Å².